The minimum absolute atomic E-state index is 0.281. The van der Waals surface area contributed by atoms with Crippen molar-refractivity contribution in [1.82, 2.24) is 10.2 Å². The monoisotopic (exact) mass is 256 g/mol. The van der Waals surface area contributed by atoms with Gasteiger partial charge in [-0.05, 0) is 44.1 Å². The molecule has 0 amide bonds. The Kier molecular flexibility index (Phi) is 4.37. The van der Waals surface area contributed by atoms with Gasteiger partial charge in [0.25, 0.3) is 0 Å². The molecule has 2 rings (SSSR count). The smallest absolute Gasteiger partial charge is 0.124 e. The summed E-state index contributed by atoms with van der Waals surface area (Å²) in [6, 6.07) is 5.08. The van der Waals surface area contributed by atoms with E-state index in [-0.39, 0.29) is 5.82 Å². The summed E-state index contributed by atoms with van der Waals surface area (Å²) in [5.74, 6) is -0.281. The molecule has 0 saturated carbocycles. The Bertz CT molecular complexity index is 384. The molecule has 94 valence electrons. The van der Waals surface area contributed by atoms with Gasteiger partial charge in [-0.25, -0.2) is 4.39 Å². The lowest BCUT2D eigenvalue weighted by molar-refractivity contribution is 0.226. The fourth-order valence-electron chi connectivity index (χ4n) is 2.25. The first-order valence-corrected chi connectivity index (χ1v) is 6.39. The zero-order valence-electron chi connectivity index (χ0n) is 10.0. The first-order valence-electron chi connectivity index (χ1n) is 6.01. The van der Waals surface area contributed by atoms with Crippen molar-refractivity contribution in [3.63, 3.8) is 0 Å². The number of benzene rings is 1. The Hall–Kier alpha value is -0.640. The van der Waals surface area contributed by atoms with E-state index in [0.29, 0.717) is 17.6 Å². The Morgan fingerprint density at radius 1 is 1.53 bits per heavy atom. The van der Waals surface area contributed by atoms with Gasteiger partial charge in [-0.15, -0.1) is 0 Å². The number of piperidine rings is 1. The lowest BCUT2D eigenvalue weighted by atomic mass is 10.1. The third kappa shape index (κ3) is 3.66. The zero-order chi connectivity index (χ0) is 12.3. The van der Waals surface area contributed by atoms with E-state index in [1.165, 1.54) is 31.5 Å². The van der Waals surface area contributed by atoms with Crippen LogP contribution in [0.5, 0.6) is 0 Å². The lowest BCUT2D eigenvalue weighted by Crippen LogP contribution is -2.43. The van der Waals surface area contributed by atoms with Gasteiger partial charge in [-0.2, -0.15) is 0 Å². The van der Waals surface area contributed by atoms with Crippen LogP contribution in [-0.2, 0) is 6.54 Å². The van der Waals surface area contributed by atoms with Crippen LogP contribution in [0.1, 0.15) is 18.4 Å². The van der Waals surface area contributed by atoms with E-state index in [2.05, 4.69) is 17.3 Å². The fraction of sp³-hybridized carbons (Fsp3) is 0.538. The minimum Gasteiger partial charge on any atom is -0.309 e. The molecule has 0 spiro atoms. The first kappa shape index (κ1) is 12.8. The van der Waals surface area contributed by atoms with Gasteiger partial charge >= 0.3 is 0 Å². The molecule has 1 fully saturated rings. The Morgan fingerprint density at radius 2 is 2.35 bits per heavy atom. The third-order valence-electron chi connectivity index (χ3n) is 3.22. The van der Waals surface area contributed by atoms with Crippen LogP contribution < -0.4 is 5.32 Å². The molecule has 0 radical (unpaired) electrons. The molecule has 0 aromatic heterocycles. The van der Waals surface area contributed by atoms with E-state index < -0.39 is 0 Å². The molecule has 1 heterocycles. The van der Waals surface area contributed by atoms with Gasteiger partial charge in [0.15, 0.2) is 0 Å². The molecule has 1 aliphatic heterocycles. The molecule has 0 aliphatic carbocycles. The molecule has 1 aliphatic rings. The van der Waals surface area contributed by atoms with Crippen LogP contribution in [0.15, 0.2) is 18.2 Å². The SMILES string of the molecule is CN1CCCC(NCc2ccc(F)cc2Cl)C1. The predicted octanol–water partition coefficient (Wildman–Crippen LogP) is 2.66. The second-order valence-electron chi connectivity index (χ2n) is 4.72. The van der Waals surface area contributed by atoms with Crippen molar-refractivity contribution in [1.29, 1.82) is 0 Å². The van der Waals surface area contributed by atoms with Gasteiger partial charge in [-0.1, -0.05) is 17.7 Å². The van der Waals surface area contributed by atoms with Crippen molar-refractivity contribution in [2.24, 2.45) is 0 Å². The van der Waals surface area contributed by atoms with E-state index >= 15 is 0 Å². The predicted molar refractivity (Wildman–Crippen MR) is 68.8 cm³/mol. The van der Waals surface area contributed by atoms with Gasteiger partial charge in [-0.3, -0.25) is 0 Å². The van der Waals surface area contributed by atoms with Crippen LogP contribution in [0.4, 0.5) is 4.39 Å². The molecular formula is C13H18ClFN2. The summed E-state index contributed by atoms with van der Waals surface area (Å²) in [7, 11) is 2.14. The zero-order valence-corrected chi connectivity index (χ0v) is 10.8. The summed E-state index contributed by atoms with van der Waals surface area (Å²) in [4.78, 5) is 2.33. The number of nitrogens with zero attached hydrogens (tertiary/aromatic N) is 1. The maximum absolute atomic E-state index is 12.9. The number of likely N-dealkylation sites (tertiary alicyclic amines) is 1. The first-order chi connectivity index (χ1) is 8.15. The van der Waals surface area contributed by atoms with Crippen molar-refractivity contribution in [3.05, 3.63) is 34.6 Å². The summed E-state index contributed by atoms with van der Waals surface area (Å²) >= 11 is 5.99. The van der Waals surface area contributed by atoms with Crippen LogP contribution in [0, 0.1) is 5.82 Å². The molecule has 1 unspecified atom stereocenters. The van der Waals surface area contributed by atoms with Crippen LogP contribution in [-0.4, -0.2) is 31.1 Å². The summed E-state index contributed by atoms with van der Waals surface area (Å²) in [5, 5.41) is 3.98. The van der Waals surface area contributed by atoms with Crippen LogP contribution in [0.3, 0.4) is 0 Å². The number of hydrogen-bond donors (Lipinski definition) is 1. The van der Waals surface area contributed by atoms with Crippen molar-refractivity contribution >= 4 is 11.6 Å². The second-order valence-corrected chi connectivity index (χ2v) is 5.13. The number of likely N-dealkylation sites (N-methyl/N-ethyl adjacent to an activating group) is 1. The van der Waals surface area contributed by atoms with Gasteiger partial charge in [0, 0.05) is 24.2 Å². The summed E-state index contributed by atoms with van der Waals surface area (Å²) in [6.07, 6.45) is 2.43. The number of nitrogens with one attached hydrogen (secondary N) is 1. The highest BCUT2D eigenvalue weighted by molar-refractivity contribution is 6.31. The van der Waals surface area contributed by atoms with Crippen molar-refractivity contribution < 1.29 is 4.39 Å². The highest BCUT2D eigenvalue weighted by Gasteiger charge is 2.16. The van der Waals surface area contributed by atoms with E-state index in [4.69, 9.17) is 11.6 Å². The maximum Gasteiger partial charge on any atom is 0.124 e. The topological polar surface area (TPSA) is 15.3 Å². The lowest BCUT2D eigenvalue weighted by Gasteiger charge is -2.30. The van der Waals surface area contributed by atoms with Crippen molar-refractivity contribution in [2.45, 2.75) is 25.4 Å². The van der Waals surface area contributed by atoms with Crippen LogP contribution in [0.25, 0.3) is 0 Å². The molecule has 4 heteroatoms. The second kappa shape index (κ2) is 5.80. The van der Waals surface area contributed by atoms with E-state index in [1.54, 1.807) is 6.07 Å². The van der Waals surface area contributed by atoms with Gasteiger partial charge in [0.2, 0.25) is 0 Å². The molecular weight excluding hydrogens is 239 g/mol. The molecule has 17 heavy (non-hydrogen) atoms. The molecule has 0 bridgehead atoms. The van der Waals surface area contributed by atoms with Gasteiger partial charge in [0.05, 0.1) is 0 Å². The summed E-state index contributed by atoms with van der Waals surface area (Å²) in [5.41, 5.74) is 0.960. The quantitative estimate of drug-likeness (QED) is 0.895. The Balaban J connectivity index is 1.88. The highest BCUT2D eigenvalue weighted by atomic mass is 35.5. The van der Waals surface area contributed by atoms with Gasteiger partial charge in [0.1, 0.15) is 5.82 Å². The molecule has 1 atom stereocenters. The fourth-order valence-corrected chi connectivity index (χ4v) is 2.49. The van der Waals surface area contributed by atoms with Crippen LogP contribution >= 0.6 is 11.6 Å². The van der Waals surface area contributed by atoms with E-state index in [9.17, 15) is 4.39 Å². The molecule has 2 nitrogen and oxygen atoms in total. The highest BCUT2D eigenvalue weighted by Crippen LogP contribution is 2.17. The number of hydrogen-bond acceptors (Lipinski definition) is 2. The third-order valence-corrected chi connectivity index (χ3v) is 3.57. The molecule has 1 saturated heterocycles. The largest absolute Gasteiger partial charge is 0.309 e. The normalized spacial score (nSPS) is 21.7. The summed E-state index contributed by atoms with van der Waals surface area (Å²) in [6.45, 7) is 2.95. The van der Waals surface area contributed by atoms with Crippen molar-refractivity contribution in [3.8, 4) is 0 Å². The minimum atomic E-state index is -0.281. The standard InChI is InChI=1S/C13H18ClFN2/c1-17-6-2-3-12(9-17)16-8-10-4-5-11(15)7-13(10)14/h4-5,7,12,16H,2-3,6,8-9H2,1H3. The van der Waals surface area contributed by atoms with E-state index in [0.717, 1.165) is 12.1 Å². The van der Waals surface area contributed by atoms with E-state index in [1.807, 2.05) is 0 Å². The maximum atomic E-state index is 12.9. The van der Waals surface area contributed by atoms with Crippen molar-refractivity contribution in [2.75, 3.05) is 20.1 Å². The Labute approximate surface area is 107 Å². The molecule has 1 aromatic rings. The number of rotatable bonds is 3. The van der Waals surface area contributed by atoms with Gasteiger partial charge < -0.3 is 10.2 Å². The van der Waals surface area contributed by atoms with Crippen LogP contribution in [0.2, 0.25) is 5.02 Å². The molecule has 1 N–H and O–H groups in total. The Morgan fingerprint density at radius 3 is 3.06 bits per heavy atom. The average Bonchev–Trinajstić information content (AvgIpc) is 2.28. The molecule has 1 aromatic carbocycles. The number of halogens is 2. The summed E-state index contributed by atoms with van der Waals surface area (Å²) < 4.78 is 12.9. The average molecular weight is 257 g/mol.